The van der Waals surface area contributed by atoms with Crippen LogP contribution >= 0.6 is 34.3 Å². The molecular formula is C23H24ClN3O4S3. The van der Waals surface area contributed by atoms with E-state index in [1.807, 2.05) is 23.1 Å². The maximum atomic E-state index is 13.6. The summed E-state index contributed by atoms with van der Waals surface area (Å²) in [5.74, 6) is -0.0388. The number of fused-ring (bicyclic) bond motifs is 1. The summed E-state index contributed by atoms with van der Waals surface area (Å²) in [6.07, 6.45) is 2.21. The van der Waals surface area contributed by atoms with E-state index in [1.165, 1.54) is 40.0 Å². The van der Waals surface area contributed by atoms with Crippen LogP contribution in [0.15, 0.2) is 36.9 Å². The van der Waals surface area contributed by atoms with Gasteiger partial charge in [0.05, 0.1) is 23.2 Å². The molecule has 2 atom stereocenters. The number of aldehydes is 1. The number of aromatic nitrogens is 1. The molecule has 1 aliphatic rings. The smallest absolute Gasteiger partial charge is 0.225 e. The van der Waals surface area contributed by atoms with Crippen molar-refractivity contribution in [2.45, 2.75) is 31.7 Å². The normalized spacial score (nSPS) is 18.7. The molecule has 11 heteroatoms. The summed E-state index contributed by atoms with van der Waals surface area (Å²) < 4.78 is 29.4. The highest BCUT2D eigenvalue weighted by molar-refractivity contribution is 7.89. The Hall–Kier alpha value is -1.95. The summed E-state index contributed by atoms with van der Waals surface area (Å²) in [5.41, 5.74) is 0.676. The third-order valence-corrected chi connectivity index (χ3v) is 10.8. The molecule has 3 aromatic rings. The van der Waals surface area contributed by atoms with Gasteiger partial charge in [0.2, 0.25) is 10.0 Å². The molecule has 0 radical (unpaired) electrons. The Morgan fingerprint density at radius 3 is 2.74 bits per heavy atom. The number of benzene rings is 1. The van der Waals surface area contributed by atoms with E-state index in [9.17, 15) is 18.0 Å². The molecule has 1 fully saturated rings. The van der Waals surface area contributed by atoms with Gasteiger partial charge in [-0.05, 0) is 30.5 Å². The van der Waals surface area contributed by atoms with Gasteiger partial charge in [0.25, 0.3) is 0 Å². The summed E-state index contributed by atoms with van der Waals surface area (Å²) >= 11 is 8.78. The number of piperazine rings is 1. The lowest BCUT2D eigenvalue weighted by Gasteiger charge is -2.38. The van der Waals surface area contributed by atoms with Gasteiger partial charge in [0, 0.05) is 41.2 Å². The Kier molecular flexibility index (Phi) is 7.37. The minimum atomic E-state index is -3.79. The van der Waals surface area contributed by atoms with E-state index in [0.29, 0.717) is 33.6 Å². The van der Waals surface area contributed by atoms with Gasteiger partial charge in [0.1, 0.15) is 16.5 Å². The minimum absolute atomic E-state index is 0.0388. The fourth-order valence-electron chi connectivity index (χ4n) is 4.11. The van der Waals surface area contributed by atoms with Crippen LogP contribution in [0, 0.1) is 6.92 Å². The van der Waals surface area contributed by atoms with Crippen molar-refractivity contribution in [3.63, 3.8) is 0 Å². The SMILES string of the molecule is C=CC(c1cc2ccc(Cl)cc2s1)S(=O)(=O)N1CCN(Cc2nc(C)c(C(C)=O)s2)C(C=O)C1. The van der Waals surface area contributed by atoms with Crippen molar-refractivity contribution in [1.29, 1.82) is 0 Å². The van der Waals surface area contributed by atoms with Crippen molar-refractivity contribution in [3.8, 4) is 0 Å². The first kappa shape index (κ1) is 25.2. The van der Waals surface area contributed by atoms with Gasteiger partial charge in [-0.2, -0.15) is 4.31 Å². The van der Waals surface area contributed by atoms with Crippen molar-refractivity contribution in [1.82, 2.24) is 14.2 Å². The lowest BCUT2D eigenvalue weighted by Crippen LogP contribution is -2.55. The predicted octanol–water partition coefficient (Wildman–Crippen LogP) is 4.46. The van der Waals surface area contributed by atoms with E-state index in [2.05, 4.69) is 11.6 Å². The molecule has 7 nitrogen and oxygen atoms in total. The average Bonchev–Trinajstić information content (AvgIpc) is 3.36. The molecule has 0 aliphatic carbocycles. The number of ketones is 1. The number of halogens is 1. The van der Waals surface area contributed by atoms with Crippen LogP contribution in [0.3, 0.4) is 0 Å². The molecule has 1 aliphatic heterocycles. The van der Waals surface area contributed by atoms with Gasteiger partial charge in [-0.15, -0.1) is 29.3 Å². The number of hydrogen-bond donors (Lipinski definition) is 0. The van der Waals surface area contributed by atoms with Crippen LogP contribution in [0.1, 0.15) is 37.4 Å². The average molecular weight is 538 g/mol. The summed E-state index contributed by atoms with van der Waals surface area (Å²) in [5, 5.41) is 1.33. The van der Waals surface area contributed by atoms with E-state index in [0.717, 1.165) is 21.4 Å². The fraction of sp³-hybridized carbons (Fsp3) is 0.348. The van der Waals surface area contributed by atoms with Crippen molar-refractivity contribution in [2.75, 3.05) is 19.6 Å². The minimum Gasteiger partial charge on any atom is -0.302 e. The Morgan fingerprint density at radius 1 is 1.32 bits per heavy atom. The summed E-state index contributed by atoms with van der Waals surface area (Å²) in [6, 6.07) is 6.70. The fourth-order valence-corrected chi connectivity index (χ4v) is 8.55. The molecule has 34 heavy (non-hydrogen) atoms. The van der Waals surface area contributed by atoms with Crippen LogP contribution in [-0.2, 0) is 21.4 Å². The molecule has 180 valence electrons. The highest BCUT2D eigenvalue weighted by Gasteiger charge is 2.38. The lowest BCUT2D eigenvalue weighted by atomic mass is 10.2. The standard InChI is InChI=1S/C23H24ClN3O4S3/c1-4-21(20-9-16-5-6-17(24)10-19(16)32-20)34(30,31)27-8-7-26(18(11-27)13-28)12-22-25-14(2)23(33-22)15(3)29/h4-6,9-10,13,18,21H,1,7-8,11-12H2,2-3H3. The molecular weight excluding hydrogens is 514 g/mol. The highest BCUT2D eigenvalue weighted by atomic mass is 35.5. The third kappa shape index (κ3) is 4.89. The van der Waals surface area contributed by atoms with Crippen molar-refractivity contribution < 1.29 is 18.0 Å². The van der Waals surface area contributed by atoms with Crippen molar-refractivity contribution >= 4 is 66.5 Å². The third-order valence-electron chi connectivity index (χ3n) is 5.83. The van der Waals surface area contributed by atoms with Crippen LogP contribution in [0.5, 0.6) is 0 Å². The molecule has 0 bridgehead atoms. The Labute approximate surface area is 211 Å². The number of hydrogen-bond acceptors (Lipinski definition) is 8. The Balaban J connectivity index is 1.53. The molecule has 0 spiro atoms. The summed E-state index contributed by atoms with van der Waals surface area (Å²) in [7, 11) is -3.79. The van der Waals surface area contributed by atoms with Gasteiger partial charge in [-0.25, -0.2) is 13.4 Å². The van der Waals surface area contributed by atoms with Gasteiger partial charge in [-0.3, -0.25) is 9.69 Å². The van der Waals surface area contributed by atoms with Crippen LogP contribution in [0.25, 0.3) is 10.1 Å². The van der Waals surface area contributed by atoms with Crippen LogP contribution in [0.2, 0.25) is 5.02 Å². The van der Waals surface area contributed by atoms with Crippen LogP contribution in [-0.4, -0.2) is 60.4 Å². The van der Waals surface area contributed by atoms with E-state index >= 15 is 0 Å². The zero-order valence-corrected chi connectivity index (χ0v) is 21.9. The van der Waals surface area contributed by atoms with Gasteiger partial charge < -0.3 is 4.79 Å². The number of thiazole rings is 1. The quantitative estimate of drug-likeness (QED) is 0.239. The molecule has 3 heterocycles. The summed E-state index contributed by atoms with van der Waals surface area (Å²) in [4.78, 5) is 31.3. The Morgan fingerprint density at radius 2 is 2.09 bits per heavy atom. The second-order valence-electron chi connectivity index (χ2n) is 8.14. The molecule has 2 aromatic heterocycles. The highest BCUT2D eigenvalue weighted by Crippen LogP contribution is 2.37. The molecule has 0 N–H and O–H groups in total. The Bertz CT molecular complexity index is 1360. The second kappa shape index (κ2) is 9.96. The van der Waals surface area contributed by atoms with E-state index in [4.69, 9.17) is 11.6 Å². The zero-order valence-electron chi connectivity index (χ0n) is 18.7. The molecule has 1 aromatic carbocycles. The van der Waals surface area contributed by atoms with E-state index < -0.39 is 21.3 Å². The number of Topliss-reactive ketones (excluding diaryl/α,β-unsaturated/α-hetero) is 1. The van der Waals surface area contributed by atoms with Crippen LogP contribution in [0.4, 0.5) is 0 Å². The number of rotatable bonds is 8. The van der Waals surface area contributed by atoms with Gasteiger partial charge in [-0.1, -0.05) is 23.7 Å². The monoisotopic (exact) mass is 537 g/mol. The number of carbonyl (C=O) groups is 2. The molecule has 2 unspecified atom stereocenters. The number of sulfonamides is 1. The first-order valence-electron chi connectivity index (χ1n) is 10.6. The van der Waals surface area contributed by atoms with E-state index in [-0.39, 0.29) is 18.9 Å². The first-order valence-corrected chi connectivity index (χ1v) is 14.1. The van der Waals surface area contributed by atoms with Gasteiger partial charge >= 0.3 is 0 Å². The van der Waals surface area contributed by atoms with Crippen LogP contribution < -0.4 is 0 Å². The number of thiophene rings is 1. The largest absolute Gasteiger partial charge is 0.302 e. The van der Waals surface area contributed by atoms with Crippen molar-refractivity contribution in [2.24, 2.45) is 0 Å². The number of aryl methyl sites for hydroxylation is 1. The maximum Gasteiger partial charge on any atom is 0.225 e. The molecule has 4 rings (SSSR count). The molecule has 0 amide bonds. The maximum absolute atomic E-state index is 13.6. The number of carbonyl (C=O) groups excluding carboxylic acids is 2. The van der Waals surface area contributed by atoms with Gasteiger partial charge in [0.15, 0.2) is 5.78 Å². The van der Waals surface area contributed by atoms with E-state index in [1.54, 1.807) is 13.0 Å². The topological polar surface area (TPSA) is 87.7 Å². The number of nitrogens with zero attached hydrogens (tertiary/aromatic N) is 3. The lowest BCUT2D eigenvalue weighted by molar-refractivity contribution is -0.114. The molecule has 1 saturated heterocycles. The second-order valence-corrected chi connectivity index (χ2v) is 12.8. The zero-order chi connectivity index (χ0) is 24.6. The summed E-state index contributed by atoms with van der Waals surface area (Å²) in [6.45, 7) is 8.14. The predicted molar refractivity (Wildman–Crippen MR) is 137 cm³/mol. The van der Waals surface area contributed by atoms with Crippen molar-refractivity contribution in [3.05, 3.63) is 62.4 Å². The molecule has 0 saturated carbocycles. The first-order chi connectivity index (χ1) is 16.1.